The molecule has 1 fully saturated rings. The molecule has 14 heavy (non-hydrogen) atoms. The van der Waals surface area contributed by atoms with Crippen LogP contribution < -0.4 is 0 Å². The summed E-state index contributed by atoms with van der Waals surface area (Å²) in [6, 6.07) is 3.69. The second-order valence-electron chi connectivity index (χ2n) is 3.06. The van der Waals surface area contributed by atoms with Gasteiger partial charge in [-0.2, -0.15) is 13.2 Å². The van der Waals surface area contributed by atoms with Gasteiger partial charge in [-0.25, -0.2) is 0 Å². The van der Waals surface area contributed by atoms with Crippen LogP contribution in [0.25, 0.3) is 0 Å². The van der Waals surface area contributed by atoms with Crippen LogP contribution in [0.2, 0.25) is 5.02 Å². The number of epoxide rings is 1. The molecular weight excluding hydrogens is 217 g/mol. The number of hydrogen-bond donors (Lipinski definition) is 0. The third-order valence-electron chi connectivity index (χ3n) is 2.00. The van der Waals surface area contributed by atoms with E-state index in [0.29, 0.717) is 12.2 Å². The molecule has 0 aliphatic carbocycles. The number of hydrogen-bond acceptors (Lipinski definition) is 1. The number of ether oxygens (including phenoxy) is 1. The van der Waals surface area contributed by atoms with E-state index in [-0.39, 0.29) is 11.1 Å². The first-order valence-corrected chi connectivity index (χ1v) is 4.34. The van der Waals surface area contributed by atoms with Crippen LogP contribution in [0.3, 0.4) is 0 Å². The van der Waals surface area contributed by atoms with Gasteiger partial charge < -0.3 is 4.74 Å². The Labute approximate surface area is 83.4 Å². The summed E-state index contributed by atoms with van der Waals surface area (Å²) in [6.45, 7) is 0.557. The normalized spacial score (nSPS) is 21.0. The van der Waals surface area contributed by atoms with Gasteiger partial charge in [0.2, 0.25) is 0 Å². The monoisotopic (exact) mass is 222 g/mol. The van der Waals surface area contributed by atoms with Gasteiger partial charge in [-0.15, -0.1) is 0 Å². The van der Waals surface area contributed by atoms with Crippen LogP contribution >= 0.6 is 11.6 Å². The molecule has 2 rings (SSSR count). The van der Waals surface area contributed by atoms with E-state index in [4.69, 9.17) is 16.3 Å². The average molecular weight is 223 g/mol. The van der Waals surface area contributed by atoms with Crippen molar-refractivity contribution >= 4 is 11.6 Å². The molecule has 1 aromatic rings. The number of rotatable bonds is 1. The lowest BCUT2D eigenvalue weighted by atomic mass is 10.1. The van der Waals surface area contributed by atoms with Gasteiger partial charge in [0, 0.05) is 0 Å². The number of halogens is 4. The van der Waals surface area contributed by atoms with Crippen molar-refractivity contribution in [1.29, 1.82) is 0 Å². The fraction of sp³-hybridized carbons (Fsp3) is 0.333. The highest BCUT2D eigenvalue weighted by atomic mass is 35.5. The van der Waals surface area contributed by atoms with Crippen molar-refractivity contribution in [2.75, 3.05) is 6.61 Å². The lowest BCUT2D eigenvalue weighted by Crippen LogP contribution is -2.05. The molecule has 0 spiro atoms. The third kappa shape index (κ3) is 1.86. The Morgan fingerprint density at radius 1 is 1.36 bits per heavy atom. The first kappa shape index (κ1) is 9.80. The molecule has 0 bridgehead atoms. The highest BCUT2D eigenvalue weighted by molar-refractivity contribution is 6.31. The molecule has 1 unspecified atom stereocenters. The molecule has 0 radical (unpaired) electrons. The second kappa shape index (κ2) is 3.14. The largest absolute Gasteiger partial charge is 0.417 e. The minimum Gasteiger partial charge on any atom is -0.368 e. The standard InChI is InChI=1S/C9H6ClF3O/c10-7-3-5(8-4-14-8)1-2-6(7)9(11,12)13/h1-3,8H,4H2. The van der Waals surface area contributed by atoms with Crippen LogP contribution in [0.1, 0.15) is 17.2 Å². The van der Waals surface area contributed by atoms with Crippen molar-refractivity contribution in [1.82, 2.24) is 0 Å². The van der Waals surface area contributed by atoms with E-state index in [1.54, 1.807) is 0 Å². The topological polar surface area (TPSA) is 12.5 Å². The van der Waals surface area contributed by atoms with E-state index in [9.17, 15) is 13.2 Å². The minimum absolute atomic E-state index is 0.0743. The number of benzene rings is 1. The highest BCUT2D eigenvalue weighted by Gasteiger charge is 2.34. The van der Waals surface area contributed by atoms with Crippen LogP contribution in [0.5, 0.6) is 0 Å². The van der Waals surface area contributed by atoms with Crippen molar-refractivity contribution in [2.45, 2.75) is 12.3 Å². The Kier molecular flexibility index (Phi) is 2.20. The van der Waals surface area contributed by atoms with Crippen LogP contribution in [0.15, 0.2) is 18.2 Å². The quantitative estimate of drug-likeness (QED) is 0.664. The first-order chi connectivity index (χ1) is 6.48. The zero-order valence-electron chi connectivity index (χ0n) is 6.94. The fourth-order valence-electron chi connectivity index (χ4n) is 1.20. The molecule has 1 saturated heterocycles. The molecule has 1 aliphatic heterocycles. The maximum absolute atomic E-state index is 12.3. The van der Waals surface area contributed by atoms with E-state index in [2.05, 4.69) is 0 Å². The Balaban J connectivity index is 2.35. The molecular formula is C9H6ClF3O. The predicted octanol–water partition coefficient (Wildman–Crippen LogP) is 3.43. The summed E-state index contributed by atoms with van der Waals surface area (Å²) in [5.41, 5.74) is -0.105. The van der Waals surface area contributed by atoms with E-state index < -0.39 is 11.7 Å². The number of alkyl halides is 3. The van der Waals surface area contributed by atoms with Gasteiger partial charge >= 0.3 is 6.18 Å². The van der Waals surface area contributed by atoms with Gasteiger partial charge in [-0.3, -0.25) is 0 Å². The summed E-state index contributed by atoms with van der Waals surface area (Å²) < 4.78 is 41.8. The molecule has 1 aliphatic rings. The first-order valence-electron chi connectivity index (χ1n) is 3.97. The lowest BCUT2D eigenvalue weighted by Gasteiger charge is -2.09. The fourth-order valence-corrected chi connectivity index (χ4v) is 1.50. The third-order valence-corrected chi connectivity index (χ3v) is 2.32. The molecule has 1 nitrogen and oxygen atoms in total. The van der Waals surface area contributed by atoms with Gasteiger partial charge in [-0.1, -0.05) is 17.7 Å². The summed E-state index contributed by atoms with van der Waals surface area (Å²) in [7, 11) is 0. The van der Waals surface area contributed by atoms with Crippen LogP contribution in [-0.4, -0.2) is 6.61 Å². The molecule has 0 aromatic heterocycles. The summed E-state index contributed by atoms with van der Waals surface area (Å²) in [4.78, 5) is 0. The molecule has 76 valence electrons. The molecule has 0 saturated carbocycles. The smallest absolute Gasteiger partial charge is 0.368 e. The SMILES string of the molecule is FC(F)(F)c1ccc(C2CO2)cc1Cl. The van der Waals surface area contributed by atoms with E-state index >= 15 is 0 Å². The minimum atomic E-state index is -4.39. The van der Waals surface area contributed by atoms with E-state index in [1.807, 2.05) is 0 Å². The lowest BCUT2D eigenvalue weighted by molar-refractivity contribution is -0.137. The Bertz CT molecular complexity index is 358. The van der Waals surface area contributed by atoms with Gasteiger partial charge in [-0.05, 0) is 17.7 Å². The van der Waals surface area contributed by atoms with Gasteiger partial charge in [0.05, 0.1) is 17.2 Å². The molecule has 1 aromatic carbocycles. The van der Waals surface area contributed by atoms with Gasteiger partial charge in [0.15, 0.2) is 0 Å². The zero-order chi connectivity index (χ0) is 10.3. The van der Waals surface area contributed by atoms with Crippen molar-refractivity contribution in [2.24, 2.45) is 0 Å². The Morgan fingerprint density at radius 3 is 2.43 bits per heavy atom. The maximum Gasteiger partial charge on any atom is 0.417 e. The molecule has 5 heteroatoms. The van der Waals surface area contributed by atoms with Crippen LogP contribution in [-0.2, 0) is 10.9 Å². The van der Waals surface area contributed by atoms with Crippen molar-refractivity contribution in [3.05, 3.63) is 34.3 Å². The molecule has 0 N–H and O–H groups in total. The Hall–Kier alpha value is -0.740. The van der Waals surface area contributed by atoms with E-state index in [0.717, 1.165) is 6.07 Å². The summed E-state index contributed by atoms with van der Waals surface area (Å²) in [5.74, 6) is 0. The molecule has 0 amide bonds. The molecule has 1 heterocycles. The van der Waals surface area contributed by atoms with Crippen molar-refractivity contribution < 1.29 is 17.9 Å². The Morgan fingerprint density at radius 2 is 2.00 bits per heavy atom. The average Bonchev–Trinajstić information content (AvgIpc) is 2.83. The summed E-state index contributed by atoms with van der Waals surface area (Å²) >= 11 is 5.51. The maximum atomic E-state index is 12.3. The predicted molar refractivity (Wildman–Crippen MR) is 45.1 cm³/mol. The van der Waals surface area contributed by atoms with Crippen molar-refractivity contribution in [3.63, 3.8) is 0 Å². The van der Waals surface area contributed by atoms with Crippen LogP contribution in [0.4, 0.5) is 13.2 Å². The van der Waals surface area contributed by atoms with Gasteiger partial charge in [0.25, 0.3) is 0 Å². The second-order valence-corrected chi connectivity index (χ2v) is 3.47. The zero-order valence-corrected chi connectivity index (χ0v) is 7.69. The summed E-state index contributed by atoms with van der Waals surface area (Å²) in [5, 5.41) is -0.273. The van der Waals surface area contributed by atoms with Crippen molar-refractivity contribution in [3.8, 4) is 0 Å². The van der Waals surface area contributed by atoms with E-state index in [1.165, 1.54) is 12.1 Å². The molecule has 1 atom stereocenters. The van der Waals surface area contributed by atoms with Crippen LogP contribution in [0, 0.1) is 0 Å². The van der Waals surface area contributed by atoms with Gasteiger partial charge in [0.1, 0.15) is 6.10 Å². The summed E-state index contributed by atoms with van der Waals surface area (Å²) in [6.07, 6.45) is -4.46. The highest BCUT2D eigenvalue weighted by Crippen LogP contribution is 2.38.